The van der Waals surface area contributed by atoms with Crippen LogP contribution in [0.15, 0.2) is 85.1 Å². The summed E-state index contributed by atoms with van der Waals surface area (Å²) in [6.45, 7) is 9.17. The molecule has 0 unspecified atom stereocenters. The van der Waals surface area contributed by atoms with E-state index >= 15 is 0 Å². The number of alkyl halides is 3. The summed E-state index contributed by atoms with van der Waals surface area (Å²) in [6, 6.07) is 26.9. The van der Waals surface area contributed by atoms with E-state index in [9.17, 15) is 13.2 Å². The van der Waals surface area contributed by atoms with Crippen LogP contribution in [0, 0.1) is 5.41 Å². The summed E-state index contributed by atoms with van der Waals surface area (Å²) >= 11 is 0. The van der Waals surface area contributed by atoms with Crippen LogP contribution in [0.4, 0.5) is 13.2 Å². The van der Waals surface area contributed by atoms with Gasteiger partial charge in [-0.3, -0.25) is 9.97 Å². The Morgan fingerprint density at radius 2 is 1.31 bits per heavy atom. The minimum absolute atomic E-state index is 0.0653. The van der Waals surface area contributed by atoms with Crippen LogP contribution in [-0.4, -0.2) is 16.1 Å². The summed E-state index contributed by atoms with van der Waals surface area (Å²) in [7, 11) is 0. The predicted octanol–water partition coefficient (Wildman–Crippen LogP) is 10.8. The van der Waals surface area contributed by atoms with Crippen molar-refractivity contribution < 1.29 is 13.2 Å². The Morgan fingerprint density at radius 1 is 0.643 bits per heavy atom. The molecule has 0 radical (unpaired) electrons. The highest BCUT2D eigenvalue weighted by Crippen LogP contribution is 2.45. The van der Waals surface area contributed by atoms with E-state index in [4.69, 9.17) is 9.97 Å². The lowest BCUT2D eigenvalue weighted by atomic mass is 9.82. The fourth-order valence-electron chi connectivity index (χ4n) is 6.45. The molecule has 7 aromatic rings. The number of nitrogens with zero attached hydrogens (tertiary/aromatic N) is 2. The monoisotopic (exact) mass is 560 g/mol. The Kier molecular flexibility index (Phi) is 5.63. The summed E-state index contributed by atoms with van der Waals surface area (Å²) in [4.78, 5) is 9.78. The van der Waals surface area contributed by atoms with Crippen molar-refractivity contribution in [1.29, 1.82) is 0 Å². The van der Waals surface area contributed by atoms with Crippen molar-refractivity contribution in [2.45, 2.75) is 52.6 Å². The zero-order valence-electron chi connectivity index (χ0n) is 24.3. The van der Waals surface area contributed by atoms with Crippen molar-refractivity contribution in [2.24, 2.45) is 5.41 Å². The summed E-state index contributed by atoms with van der Waals surface area (Å²) in [5.74, 6) is 0. The maximum atomic E-state index is 13.8. The number of hydrogen-bond acceptors (Lipinski definition) is 2. The molecule has 210 valence electrons. The molecule has 0 spiro atoms. The van der Waals surface area contributed by atoms with Crippen molar-refractivity contribution in [3.8, 4) is 11.3 Å². The first-order valence-electron chi connectivity index (χ1n) is 14.3. The average molecular weight is 561 g/mol. The molecular formula is C37H31F3N2. The molecule has 0 N–H and O–H groups in total. The van der Waals surface area contributed by atoms with Gasteiger partial charge in [-0.25, -0.2) is 0 Å². The smallest absolute Gasteiger partial charge is 0.255 e. The highest BCUT2D eigenvalue weighted by Gasteiger charge is 2.47. The first-order chi connectivity index (χ1) is 19.8. The largest absolute Gasteiger partial charge is 0.394 e. The molecule has 0 atom stereocenters. The fraction of sp³-hybridized carbons (Fsp3) is 0.243. The Bertz CT molecular complexity index is 2170. The lowest BCUT2D eigenvalue weighted by Crippen LogP contribution is -2.34. The van der Waals surface area contributed by atoms with Crippen LogP contribution in [-0.2, 0) is 11.8 Å². The average Bonchev–Trinajstić information content (AvgIpc) is 2.93. The maximum Gasteiger partial charge on any atom is 0.394 e. The van der Waals surface area contributed by atoms with Gasteiger partial charge in [-0.05, 0) is 62.2 Å². The standard InChI is InChI=1S/C37H31F3N2/c1-35(2,3)30-17-22(16-21-10-6-7-11-24(21)30)34-27-14-8-12-25-28-18-23(19-36(4,5)37(38,39)40)42-31-15-9-13-26(33(28)31)29(20-41-34)32(25)27/h6-18,20H,19H2,1-5H3. The number of fused-ring (bicyclic) bond motifs is 3. The van der Waals surface area contributed by atoms with E-state index in [-0.39, 0.29) is 11.8 Å². The zero-order chi connectivity index (χ0) is 29.6. The second kappa shape index (κ2) is 8.87. The van der Waals surface area contributed by atoms with Gasteiger partial charge in [0, 0.05) is 45.4 Å². The second-order valence-corrected chi connectivity index (χ2v) is 13.2. The van der Waals surface area contributed by atoms with Crippen molar-refractivity contribution >= 4 is 54.0 Å². The first-order valence-corrected chi connectivity index (χ1v) is 14.3. The van der Waals surface area contributed by atoms with E-state index in [0.29, 0.717) is 11.2 Å². The quantitative estimate of drug-likeness (QED) is 0.159. The van der Waals surface area contributed by atoms with Crippen LogP contribution in [0.1, 0.15) is 45.9 Å². The third kappa shape index (κ3) is 4.01. The first kappa shape index (κ1) is 26.6. The summed E-state index contributed by atoms with van der Waals surface area (Å²) in [5, 5.41) is 9.41. The van der Waals surface area contributed by atoms with Gasteiger partial charge in [0.2, 0.25) is 0 Å². The molecule has 5 aromatic carbocycles. The molecule has 2 nitrogen and oxygen atoms in total. The third-order valence-electron chi connectivity index (χ3n) is 8.71. The maximum absolute atomic E-state index is 13.8. The summed E-state index contributed by atoms with van der Waals surface area (Å²) in [6.07, 6.45) is -2.58. The van der Waals surface area contributed by atoms with Crippen molar-refractivity contribution in [3.63, 3.8) is 0 Å². The van der Waals surface area contributed by atoms with E-state index in [2.05, 4.69) is 75.4 Å². The lowest BCUT2D eigenvalue weighted by Gasteiger charge is -2.27. The molecule has 42 heavy (non-hydrogen) atoms. The number of hydrogen-bond donors (Lipinski definition) is 0. The molecule has 0 aliphatic heterocycles. The number of halogens is 3. The molecular weight excluding hydrogens is 529 g/mol. The van der Waals surface area contributed by atoms with Gasteiger partial charge < -0.3 is 0 Å². The highest BCUT2D eigenvalue weighted by molar-refractivity contribution is 6.33. The fourth-order valence-corrected chi connectivity index (χ4v) is 6.45. The molecule has 2 heterocycles. The molecule has 0 aliphatic carbocycles. The molecule has 5 heteroatoms. The van der Waals surface area contributed by atoms with Gasteiger partial charge in [-0.2, -0.15) is 13.2 Å². The number of benzene rings is 5. The Hall–Kier alpha value is -4.25. The topological polar surface area (TPSA) is 25.8 Å². The van der Waals surface area contributed by atoms with Gasteiger partial charge >= 0.3 is 6.18 Å². The SMILES string of the molecule is CC(C)(C)c1cc(-c2ncc3c4cccc5nc(CC(C)(C)C(F)(F)F)cc(c6cccc2c63)c54)cc2ccccc12. The van der Waals surface area contributed by atoms with Gasteiger partial charge in [-0.1, -0.05) is 89.2 Å². The molecule has 0 saturated heterocycles. The van der Waals surface area contributed by atoms with Gasteiger partial charge in [0.05, 0.1) is 16.6 Å². The molecule has 0 saturated carbocycles. The third-order valence-corrected chi connectivity index (χ3v) is 8.71. The highest BCUT2D eigenvalue weighted by atomic mass is 19.4. The van der Waals surface area contributed by atoms with E-state index in [0.717, 1.165) is 49.0 Å². The normalized spacial score (nSPS) is 13.3. The molecule has 7 rings (SSSR count). The van der Waals surface area contributed by atoms with E-state index in [1.165, 1.54) is 30.2 Å². The molecule has 0 aliphatic rings. The number of aromatic nitrogens is 2. The lowest BCUT2D eigenvalue weighted by molar-refractivity contribution is -0.211. The van der Waals surface area contributed by atoms with Crippen LogP contribution < -0.4 is 0 Å². The van der Waals surface area contributed by atoms with Crippen LogP contribution in [0.2, 0.25) is 0 Å². The Morgan fingerprint density at radius 3 is 2.05 bits per heavy atom. The van der Waals surface area contributed by atoms with Gasteiger partial charge in [0.1, 0.15) is 0 Å². The van der Waals surface area contributed by atoms with Crippen molar-refractivity contribution in [2.75, 3.05) is 0 Å². The minimum atomic E-state index is -4.33. The van der Waals surface area contributed by atoms with E-state index in [1.807, 2.05) is 30.5 Å². The molecule has 0 bridgehead atoms. The summed E-state index contributed by atoms with van der Waals surface area (Å²) in [5.41, 5.74) is 2.39. The van der Waals surface area contributed by atoms with Gasteiger partial charge in [0.15, 0.2) is 0 Å². The van der Waals surface area contributed by atoms with Gasteiger partial charge in [0.25, 0.3) is 0 Å². The minimum Gasteiger partial charge on any atom is -0.255 e. The van der Waals surface area contributed by atoms with Crippen LogP contribution in [0.25, 0.3) is 65.3 Å². The van der Waals surface area contributed by atoms with Crippen LogP contribution >= 0.6 is 0 Å². The van der Waals surface area contributed by atoms with E-state index in [1.54, 1.807) is 0 Å². The zero-order valence-corrected chi connectivity index (χ0v) is 24.3. The van der Waals surface area contributed by atoms with E-state index < -0.39 is 11.6 Å². The van der Waals surface area contributed by atoms with Crippen molar-refractivity contribution in [1.82, 2.24) is 9.97 Å². The Balaban J connectivity index is 1.54. The van der Waals surface area contributed by atoms with Gasteiger partial charge in [-0.15, -0.1) is 0 Å². The molecule has 0 fully saturated rings. The number of rotatable bonds is 3. The molecule has 0 amide bonds. The number of pyridine rings is 2. The second-order valence-electron chi connectivity index (χ2n) is 13.2. The summed E-state index contributed by atoms with van der Waals surface area (Å²) < 4.78 is 41.5. The van der Waals surface area contributed by atoms with Crippen molar-refractivity contribution in [3.05, 3.63) is 96.3 Å². The van der Waals surface area contributed by atoms with Crippen LogP contribution in [0.5, 0.6) is 0 Å². The molecule has 2 aromatic heterocycles. The Labute approximate surface area is 242 Å². The predicted molar refractivity (Wildman–Crippen MR) is 168 cm³/mol. The van der Waals surface area contributed by atoms with Crippen LogP contribution in [0.3, 0.4) is 0 Å².